The maximum Gasteiger partial charge on any atom is 0.255 e. The van der Waals surface area contributed by atoms with Gasteiger partial charge < -0.3 is 20.5 Å². The molecule has 3 rings (SSSR count). The van der Waals surface area contributed by atoms with E-state index in [1.165, 1.54) is 57.4 Å². The zero-order valence-electron chi connectivity index (χ0n) is 18.0. The fourth-order valence-corrected chi connectivity index (χ4v) is 3.77. The van der Waals surface area contributed by atoms with Crippen LogP contribution < -0.4 is 15.4 Å². The molecule has 2 aromatic rings. The van der Waals surface area contributed by atoms with Gasteiger partial charge in [0.2, 0.25) is 0 Å². The Balaban J connectivity index is 1.37. The van der Waals surface area contributed by atoms with Gasteiger partial charge in [0.05, 0.1) is 12.2 Å². The van der Waals surface area contributed by atoms with E-state index in [-0.39, 0.29) is 17.8 Å². The van der Waals surface area contributed by atoms with E-state index in [4.69, 9.17) is 4.74 Å². The standard InChI is InChI=1S/C25H34N2O3/c1-2-3-4-5-6-7-8-9-10-17-30-21-14-11-19(12-15-21)24-26-23-16-13-20(28)18-22(23)25(29)27-24/h11-16,18,24,26,28H,2-10,17H2,1H3,(H,27,29). The number of anilines is 1. The highest BCUT2D eigenvalue weighted by Gasteiger charge is 2.24. The number of hydrogen-bond donors (Lipinski definition) is 3. The first-order valence-corrected chi connectivity index (χ1v) is 11.3. The largest absolute Gasteiger partial charge is 0.508 e. The van der Waals surface area contributed by atoms with Crippen molar-refractivity contribution in [3.05, 3.63) is 53.6 Å². The van der Waals surface area contributed by atoms with E-state index in [1.807, 2.05) is 24.3 Å². The zero-order valence-corrected chi connectivity index (χ0v) is 18.0. The van der Waals surface area contributed by atoms with Crippen molar-refractivity contribution in [1.29, 1.82) is 0 Å². The van der Waals surface area contributed by atoms with Gasteiger partial charge in [0.15, 0.2) is 0 Å². The molecular weight excluding hydrogens is 376 g/mol. The Morgan fingerprint density at radius 3 is 2.23 bits per heavy atom. The molecule has 5 heteroatoms. The van der Waals surface area contributed by atoms with Crippen molar-refractivity contribution in [2.75, 3.05) is 11.9 Å². The number of hydrogen-bond acceptors (Lipinski definition) is 4. The highest BCUT2D eigenvalue weighted by atomic mass is 16.5. The van der Waals surface area contributed by atoms with Crippen LogP contribution in [0.25, 0.3) is 0 Å². The van der Waals surface area contributed by atoms with Crippen LogP contribution in [-0.4, -0.2) is 17.6 Å². The molecule has 0 spiro atoms. The summed E-state index contributed by atoms with van der Waals surface area (Å²) in [5, 5.41) is 15.8. The van der Waals surface area contributed by atoms with Gasteiger partial charge in [-0.2, -0.15) is 0 Å². The second-order valence-electron chi connectivity index (χ2n) is 8.03. The number of rotatable bonds is 12. The van der Waals surface area contributed by atoms with Gasteiger partial charge in [-0.05, 0) is 42.3 Å². The fraction of sp³-hybridized carbons (Fsp3) is 0.480. The number of ether oxygens (including phenoxy) is 1. The summed E-state index contributed by atoms with van der Waals surface area (Å²) in [4.78, 5) is 12.3. The molecule has 1 amide bonds. The highest BCUT2D eigenvalue weighted by Crippen LogP contribution is 2.29. The third-order valence-corrected chi connectivity index (χ3v) is 5.55. The van der Waals surface area contributed by atoms with Crippen molar-refractivity contribution >= 4 is 11.6 Å². The van der Waals surface area contributed by atoms with E-state index < -0.39 is 0 Å². The monoisotopic (exact) mass is 410 g/mol. The number of benzene rings is 2. The third kappa shape index (κ3) is 6.41. The summed E-state index contributed by atoms with van der Waals surface area (Å²) < 4.78 is 5.86. The Labute approximate surface area is 179 Å². The van der Waals surface area contributed by atoms with E-state index in [1.54, 1.807) is 12.1 Å². The minimum absolute atomic E-state index is 0.0811. The number of unbranched alkanes of at least 4 members (excludes halogenated alkanes) is 8. The van der Waals surface area contributed by atoms with Crippen LogP contribution in [0.2, 0.25) is 0 Å². The molecule has 1 heterocycles. The van der Waals surface area contributed by atoms with E-state index in [2.05, 4.69) is 17.6 Å². The molecule has 0 aliphatic carbocycles. The van der Waals surface area contributed by atoms with Crippen molar-refractivity contribution in [1.82, 2.24) is 5.32 Å². The van der Waals surface area contributed by atoms with E-state index in [9.17, 15) is 9.90 Å². The van der Waals surface area contributed by atoms with Crippen LogP contribution in [0.1, 0.15) is 86.8 Å². The van der Waals surface area contributed by atoms with Crippen LogP contribution in [-0.2, 0) is 0 Å². The number of carbonyl (C=O) groups excluding carboxylic acids is 1. The number of nitrogens with one attached hydrogen (secondary N) is 2. The van der Waals surface area contributed by atoms with Crippen LogP contribution >= 0.6 is 0 Å². The summed E-state index contributed by atoms with van der Waals surface area (Å²) in [6, 6.07) is 12.6. The van der Waals surface area contributed by atoms with E-state index in [0.717, 1.165) is 24.3 Å². The molecule has 0 radical (unpaired) electrons. The minimum atomic E-state index is -0.305. The molecule has 1 aliphatic heterocycles. The lowest BCUT2D eigenvalue weighted by Crippen LogP contribution is -2.38. The lowest BCUT2D eigenvalue weighted by atomic mass is 10.1. The van der Waals surface area contributed by atoms with Crippen molar-refractivity contribution in [2.24, 2.45) is 0 Å². The molecule has 1 unspecified atom stereocenters. The second-order valence-corrected chi connectivity index (χ2v) is 8.03. The average Bonchev–Trinajstić information content (AvgIpc) is 2.76. The van der Waals surface area contributed by atoms with Crippen LogP contribution in [0, 0.1) is 0 Å². The number of phenolic OH excluding ortho intramolecular Hbond substituents is 1. The number of carbonyl (C=O) groups is 1. The molecule has 0 bridgehead atoms. The first-order chi connectivity index (χ1) is 14.7. The lowest BCUT2D eigenvalue weighted by molar-refractivity contribution is 0.0935. The predicted molar refractivity (Wildman–Crippen MR) is 121 cm³/mol. The van der Waals surface area contributed by atoms with Gasteiger partial charge in [-0.3, -0.25) is 4.79 Å². The first kappa shape index (κ1) is 22.0. The lowest BCUT2D eigenvalue weighted by Gasteiger charge is -2.28. The van der Waals surface area contributed by atoms with Crippen LogP contribution in [0.15, 0.2) is 42.5 Å². The summed E-state index contributed by atoms with van der Waals surface area (Å²) in [7, 11) is 0. The molecule has 1 atom stereocenters. The molecule has 0 saturated carbocycles. The van der Waals surface area contributed by atoms with Gasteiger partial charge in [0.1, 0.15) is 17.7 Å². The Bertz CT molecular complexity index is 805. The van der Waals surface area contributed by atoms with Gasteiger partial charge >= 0.3 is 0 Å². The predicted octanol–water partition coefficient (Wildman–Crippen LogP) is 6.16. The van der Waals surface area contributed by atoms with Crippen LogP contribution in [0.3, 0.4) is 0 Å². The molecule has 3 N–H and O–H groups in total. The molecule has 2 aromatic carbocycles. The molecule has 0 fully saturated rings. The van der Waals surface area contributed by atoms with E-state index in [0.29, 0.717) is 11.3 Å². The number of fused-ring (bicyclic) bond motifs is 1. The van der Waals surface area contributed by atoms with Gasteiger partial charge in [-0.1, -0.05) is 70.4 Å². The van der Waals surface area contributed by atoms with Crippen molar-refractivity contribution in [2.45, 2.75) is 70.9 Å². The summed E-state index contributed by atoms with van der Waals surface area (Å²) in [6.45, 7) is 2.99. The van der Waals surface area contributed by atoms with Gasteiger partial charge in [0.25, 0.3) is 5.91 Å². The molecule has 5 nitrogen and oxygen atoms in total. The maximum absolute atomic E-state index is 12.3. The molecule has 0 saturated heterocycles. The normalized spacial score (nSPS) is 15.2. The molecule has 30 heavy (non-hydrogen) atoms. The second kappa shape index (κ2) is 11.5. The summed E-state index contributed by atoms with van der Waals surface area (Å²) in [5.41, 5.74) is 2.12. The fourth-order valence-electron chi connectivity index (χ4n) is 3.77. The zero-order chi connectivity index (χ0) is 21.2. The Morgan fingerprint density at radius 2 is 1.53 bits per heavy atom. The SMILES string of the molecule is CCCCCCCCCCCOc1ccc(C2NC(=O)c3cc(O)ccc3N2)cc1. The Morgan fingerprint density at radius 1 is 0.867 bits per heavy atom. The van der Waals surface area contributed by atoms with Crippen molar-refractivity contribution in [3.8, 4) is 11.5 Å². The summed E-state index contributed by atoms with van der Waals surface area (Å²) in [5.74, 6) is 0.735. The van der Waals surface area contributed by atoms with Gasteiger partial charge in [-0.25, -0.2) is 0 Å². The van der Waals surface area contributed by atoms with Gasteiger partial charge in [-0.15, -0.1) is 0 Å². The van der Waals surface area contributed by atoms with Crippen molar-refractivity contribution < 1.29 is 14.6 Å². The Kier molecular flexibility index (Phi) is 8.42. The number of amides is 1. The van der Waals surface area contributed by atoms with Crippen LogP contribution in [0.4, 0.5) is 5.69 Å². The summed E-state index contributed by atoms with van der Waals surface area (Å²) >= 11 is 0. The number of phenols is 1. The third-order valence-electron chi connectivity index (χ3n) is 5.55. The topological polar surface area (TPSA) is 70.6 Å². The van der Waals surface area contributed by atoms with Crippen molar-refractivity contribution in [3.63, 3.8) is 0 Å². The maximum atomic E-state index is 12.3. The molecule has 162 valence electrons. The van der Waals surface area contributed by atoms with Gasteiger partial charge in [0, 0.05) is 5.69 Å². The number of aromatic hydroxyl groups is 1. The smallest absolute Gasteiger partial charge is 0.255 e. The quantitative estimate of drug-likeness (QED) is 0.290. The summed E-state index contributed by atoms with van der Waals surface area (Å²) in [6.07, 6.45) is 11.4. The van der Waals surface area contributed by atoms with E-state index >= 15 is 0 Å². The molecule has 0 aromatic heterocycles. The molecule has 1 aliphatic rings. The van der Waals surface area contributed by atoms with Crippen LogP contribution in [0.5, 0.6) is 11.5 Å². The molecular formula is C25H34N2O3. The Hall–Kier alpha value is -2.69. The highest BCUT2D eigenvalue weighted by molar-refractivity contribution is 6.02. The first-order valence-electron chi connectivity index (χ1n) is 11.3. The average molecular weight is 411 g/mol. The minimum Gasteiger partial charge on any atom is -0.508 e.